The van der Waals surface area contributed by atoms with Gasteiger partial charge in [-0.1, -0.05) is 52.7 Å². The maximum atomic E-state index is 12.4. The molecular weight excluding hydrogens is 441 g/mol. The molecule has 0 aliphatic carbocycles. The van der Waals surface area contributed by atoms with Crippen molar-refractivity contribution in [2.45, 2.75) is 12.0 Å². The van der Waals surface area contributed by atoms with Gasteiger partial charge < -0.3 is 9.84 Å². The van der Waals surface area contributed by atoms with Gasteiger partial charge in [0.15, 0.2) is 5.01 Å². The van der Waals surface area contributed by atoms with Crippen LogP contribution in [0.1, 0.15) is 15.9 Å². The van der Waals surface area contributed by atoms with Crippen molar-refractivity contribution in [3.63, 3.8) is 0 Å². The molecule has 144 valence electrons. The van der Waals surface area contributed by atoms with E-state index in [1.54, 1.807) is 41.3 Å². The van der Waals surface area contributed by atoms with Gasteiger partial charge in [-0.05, 0) is 24.3 Å². The molecule has 28 heavy (non-hydrogen) atoms. The number of hydrogen-bond acceptors (Lipinski definition) is 7. The van der Waals surface area contributed by atoms with E-state index < -0.39 is 0 Å². The number of ether oxygens (including phenoxy) is 1. The molecule has 0 bridgehead atoms. The maximum Gasteiger partial charge on any atom is 0.240 e. The highest BCUT2D eigenvalue weighted by atomic mass is 35.5. The summed E-state index contributed by atoms with van der Waals surface area (Å²) in [5.74, 6) is 0.862. The standard InChI is InChI=1S/C18H13Cl2N3O3S2/c19-10-5-6-14(12(20)7-10)26-8-15-21-22-18(28-15)23-16(25)9-27-17(23)11-3-1-2-4-13(11)24/h1-7,17,24H,8-9H2. The van der Waals surface area contributed by atoms with Crippen molar-refractivity contribution >= 4 is 57.3 Å². The summed E-state index contributed by atoms with van der Waals surface area (Å²) in [6.07, 6.45) is 0. The lowest BCUT2D eigenvalue weighted by Gasteiger charge is -2.21. The fourth-order valence-electron chi connectivity index (χ4n) is 2.69. The van der Waals surface area contributed by atoms with Gasteiger partial charge in [-0.25, -0.2) is 0 Å². The fraction of sp³-hybridized carbons (Fsp3) is 0.167. The van der Waals surface area contributed by atoms with Crippen LogP contribution >= 0.6 is 46.3 Å². The highest BCUT2D eigenvalue weighted by Crippen LogP contribution is 2.45. The molecule has 6 nitrogen and oxygen atoms in total. The fourth-order valence-corrected chi connectivity index (χ4v) is 5.20. The van der Waals surface area contributed by atoms with Crippen LogP contribution in [0.4, 0.5) is 5.13 Å². The number of para-hydroxylation sites is 1. The number of hydrogen-bond donors (Lipinski definition) is 1. The minimum Gasteiger partial charge on any atom is -0.508 e. The average molecular weight is 454 g/mol. The molecule has 0 saturated carbocycles. The Morgan fingerprint density at radius 3 is 2.82 bits per heavy atom. The van der Waals surface area contributed by atoms with Gasteiger partial charge in [0.05, 0.1) is 10.8 Å². The van der Waals surface area contributed by atoms with Gasteiger partial charge in [0.2, 0.25) is 11.0 Å². The van der Waals surface area contributed by atoms with Crippen LogP contribution in [-0.2, 0) is 11.4 Å². The predicted molar refractivity (Wildman–Crippen MR) is 111 cm³/mol. The van der Waals surface area contributed by atoms with Gasteiger partial charge >= 0.3 is 0 Å². The molecule has 1 aliphatic rings. The number of amides is 1. The van der Waals surface area contributed by atoms with Crippen molar-refractivity contribution in [3.8, 4) is 11.5 Å². The van der Waals surface area contributed by atoms with Crippen LogP contribution in [-0.4, -0.2) is 27.0 Å². The van der Waals surface area contributed by atoms with Crippen LogP contribution < -0.4 is 9.64 Å². The number of carbonyl (C=O) groups excluding carboxylic acids is 1. The first-order chi connectivity index (χ1) is 13.5. The number of carbonyl (C=O) groups is 1. The third-order valence-electron chi connectivity index (χ3n) is 3.98. The van der Waals surface area contributed by atoms with Gasteiger partial charge in [-0.15, -0.1) is 22.0 Å². The van der Waals surface area contributed by atoms with E-state index in [0.29, 0.717) is 37.3 Å². The molecule has 3 aromatic rings. The Balaban J connectivity index is 1.52. The SMILES string of the molecule is O=C1CSC(c2ccccc2O)N1c1nnc(COc2ccc(Cl)cc2Cl)s1. The van der Waals surface area contributed by atoms with Crippen LogP contribution in [0.5, 0.6) is 11.5 Å². The number of thioether (sulfide) groups is 1. The Hall–Kier alpha value is -2.00. The molecule has 1 aromatic heterocycles. The van der Waals surface area contributed by atoms with Crippen molar-refractivity contribution in [2.75, 3.05) is 10.7 Å². The van der Waals surface area contributed by atoms with E-state index in [1.165, 1.54) is 23.1 Å². The first-order valence-electron chi connectivity index (χ1n) is 8.14. The van der Waals surface area contributed by atoms with Gasteiger partial charge in [-0.3, -0.25) is 9.69 Å². The molecule has 1 unspecified atom stereocenters. The van der Waals surface area contributed by atoms with Crippen molar-refractivity contribution in [2.24, 2.45) is 0 Å². The van der Waals surface area contributed by atoms with Crippen molar-refractivity contribution in [1.82, 2.24) is 10.2 Å². The molecule has 0 spiro atoms. The first kappa shape index (κ1) is 19.3. The molecule has 1 fully saturated rings. The molecule has 4 rings (SSSR count). The third-order valence-corrected chi connectivity index (χ3v) is 6.60. The zero-order valence-corrected chi connectivity index (χ0v) is 17.4. The second-order valence-electron chi connectivity index (χ2n) is 5.83. The number of aromatic hydroxyl groups is 1. The molecular formula is C18H13Cl2N3O3S2. The van der Waals surface area contributed by atoms with Gasteiger partial charge in [0.25, 0.3) is 0 Å². The molecule has 1 N–H and O–H groups in total. The van der Waals surface area contributed by atoms with Crippen LogP contribution in [0.3, 0.4) is 0 Å². The summed E-state index contributed by atoms with van der Waals surface area (Å²) in [6, 6.07) is 11.9. The number of phenolic OH excluding ortho intramolecular Hbond substituents is 1. The molecule has 1 saturated heterocycles. The Kier molecular flexibility index (Phi) is 5.63. The van der Waals surface area contributed by atoms with E-state index in [9.17, 15) is 9.90 Å². The van der Waals surface area contributed by atoms with Crippen molar-refractivity contribution in [1.29, 1.82) is 0 Å². The number of anilines is 1. The number of phenols is 1. The zero-order valence-electron chi connectivity index (χ0n) is 14.2. The van der Waals surface area contributed by atoms with E-state index in [-0.39, 0.29) is 23.6 Å². The molecule has 0 radical (unpaired) electrons. The van der Waals surface area contributed by atoms with E-state index in [2.05, 4.69) is 10.2 Å². The highest BCUT2D eigenvalue weighted by molar-refractivity contribution is 8.00. The number of nitrogens with zero attached hydrogens (tertiary/aromatic N) is 3. The first-order valence-corrected chi connectivity index (χ1v) is 10.8. The largest absolute Gasteiger partial charge is 0.508 e. The zero-order chi connectivity index (χ0) is 19.7. The van der Waals surface area contributed by atoms with Crippen LogP contribution in [0.2, 0.25) is 10.0 Å². The van der Waals surface area contributed by atoms with Crippen molar-refractivity contribution < 1.29 is 14.6 Å². The summed E-state index contributed by atoms with van der Waals surface area (Å²) >= 11 is 14.7. The van der Waals surface area contributed by atoms with Crippen LogP contribution in [0.15, 0.2) is 42.5 Å². The number of rotatable bonds is 5. The quantitative estimate of drug-likeness (QED) is 0.591. The summed E-state index contributed by atoms with van der Waals surface area (Å²) in [6.45, 7) is 0.162. The van der Waals surface area contributed by atoms with E-state index in [0.717, 1.165) is 0 Å². The van der Waals surface area contributed by atoms with Gasteiger partial charge in [-0.2, -0.15) is 0 Å². The summed E-state index contributed by atoms with van der Waals surface area (Å²) in [5, 5.41) is 20.1. The summed E-state index contributed by atoms with van der Waals surface area (Å²) in [4.78, 5) is 14.0. The molecule has 2 heterocycles. The second-order valence-corrected chi connectivity index (χ2v) is 8.78. The molecule has 1 aliphatic heterocycles. The van der Waals surface area contributed by atoms with Crippen LogP contribution in [0.25, 0.3) is 0 Å². The molecule has 1 amide bonds. The Bertz CT molecular complexity index is 1030. The van der Waals surface area contributed by atoms with Gasteiger partial charge in [0, 0.05) is 10.6 Å². The monoisotopic (exact) mass is 453 g/mol. The van der Waals surface area contributed by atoms with Crippen LogP contribution in [0, 0.1) is 0 Å². The molecule has 1 atom stereocenters. The maximum absolute atomic E-state index is 12.4. The topological polar surface area (TPSA) is 75.5 Å². The van der Waals surface area contributed by atoms with E-state index in [4.69, 9.17) is 27.9 Å². The number of benzene rings is 2. The lowest BCUT2D eigenvalue weighted by molar-refractivity contribution is -0.115. The summed E-state index contributed by atoms with van der Waals surface area (Å²) in [5.41, 5.74) is 0.666. The lowest BCUT2D eigenvalue weighted by Crippen LogP contribution is -2.27. The Labute approximate surface area is 179 Å². The molecule has 10 heteroatoms. The van der Waals surface area contributed by atoms with E-state index >= 15 is 0 Å². The van der Waals surface area contributed by atoms with Crippen molar-refractivity contribution in [3.05, 3.63) is 63.1 Å². The Morgan fingerprint density at radius 1 is 1.21 bits per heavy atom. The minimum atomic E-state index is -0.346. The normalized spacial score (nSPS) is 16.6. The number of aromatic nitrogens is 2. The Morgan fingerprint density at radius 2 is 2.04 bits per heavy atom. The predicted octanol–water partition coefficient (Wildman–Crippen LogP) is 4.91. The van der Waals surface area contributed by atoms with E-state index in [1.807, 2.05) is 6.07 Å². The number of halogens is 2. The summed E-state index contributed by atoms with van der Waals surface area (Å²) < 4.78 is 5.68. The molecule has 2 aromatic carbocycles. The summed E-state index contributed by atoms with van der Waals surface area (Å²) in [7, 11) is 0. The highest BCUT2D eigenvalue weighted by Gasteiger charge is 2.37. The lowest BCUT2D eigenvalue weighted by atomic mass is 10.2. The second kappa shape index (κ2) is 8.16. The van der Waals surface area contributed by atoms with Gasteiger partial charge in [0.1, 0.15) is 23.5 Å². The average Bonchev–Trinajstić information content (AvgIpc) is 3.28. The minimum absolute atomic E-state index is 0.0809. The third kappa shape index (κ3) is 3.91. The smallest absolute Gasteiger partial charge is 0.240 e.